The van der Waals surface area contributed by atoms with Crippen LogP contribution in [0, 0.1) is 0 Å². The Morgan fingerprint density at radius 1 is 1.44 bits per heavy atom. The molecule has 54 valence electrons. The van der Waals surface area contributed by atoms with Gasteiger partial charge in [-0.05, 0) is 25.7 Å². The molecule has 1 rings (SSSR count). The molecule has 0 aromatic carbocycles. The van der Waals surface area contributed by atoms with Gasteiger partial charge < -0.3 is 9.84 Å². The molecule has 0 amide bonds. The lowest BCUT2D eigenvalue weighted by atomic mass is 9.95. The Morgan fingerprint density at radius 2 is 2.22 bits per heavy atom. The van der Waals surface area contributed by atoms with Crippen LogP contribution in [0.1, 0.15) is 25.7 Å². The summed E-state index contributed by atoms with van der Waals surface area (Å²) in [7, 11) is 1.71. The fourth-order valence-electron chi connectivity index (χ4n) is 1.33. The molecule has 0 aliphatic heterocycles. The minimum atomic E-state index is -0.108. The highest BCUT2D eigenvalue weighted by molar-refractivity contribution is 4.71. The van der Waals surface area contributed by atoms with Crippen LogP contribution in [0.3, 0.4) is 0 Å². The maximum atomic E-state index is 9.13. The van der Waals surface area contributed by atoms with Crippen molar-refractivity contribution in [3.05, 3.63) is 0 Å². The van der Waals surface area contributed by atoms with Crippen LogP contribution in [0.25, 0.3) is 0 Å². The molecular weight excluding hydrogens is 116 g/mol. The number of aliphatic hydroxyl groups excluding tert-OH is 1. The zero-order valence-electron chi connectivity index (χ0n) is 5.84. The summed E-state index contributed by atoms with van der Waals surface area (Å²) >= 11 is 0. The molecule has 0 saturated heterocycles. The van der Waals surface area contributed by atoms with Crippen LogP contribution in [0.4, 0.5) is 0 Å². The molecule has 1 N–H and O–H groups in total. The molecule has 1 fully saturated rings. The van der Waals surface area contributed by atoms with E-state index in [0.29, 0.717) is 6.10 Å². The highest BCUT2D eigenvalue weighted by Gasteiger charge is 2.18. The lowest BCUT2D eigenvalue weighted by molar-refractivity contribution is 0.0115. The van der Waals surface area contributed by atoms with Crippen molar-refractivity contribution >= 4 is 0 Å². The van der Waals surface area contributed by atoms with Gasteiger partial charge >= 0.3 is 0 Å². The second-order valence-electron chi connectivity index (χ2n) is 2.68. The predicted octanol–water partition coefficient (Wildman–Crippen LogP) is 0.936. The van der Waals surface area contributed by atoms with Crippen LogP contribution in [-0.4, -0.2) is 24.4 Å². The summed E-state index contributed by atoms with van der Waals surface area (Å²) in [6.07, 6.45) is 4.22. The van der Waals surface area contributed by atoms with Gasteiger partial charge in [0.15, 0.2) is 0 Å². The van der Waals surface area contributed by atoms with Gasteiger partial charge in [-0.25, -0.2) is 0 Å². The van der Waals surface area contributed by atoms with Crippen molar-refractivity contribution in [2.24, 2.45) is 0 Å². The van der Waals surface area contributed by atoms with Gasteiger partial charge in [-0.15, -0.1) is 0 Å². The molecule has 2 nitrogen and oxygen atoms in total. The van der Waals surface area contributed by atoms with E-state index in [9.17, 15) is 0 Å². The molecule has 0 heterocycles. The summed E-state index contributed by atoms with van der Waals surface area (Å²) in [5.74, 6) is 0. The third kappa shape index (κ3) is 1.95. The first-order valence-electron chi connectivity index (χ1n) is 3.54. The third-order valence-corrected chi connectivity index (χ3v) is 1.93. The van der Waals surface area contributed by atoms with E-state index >= 15 is 0 Å². The molecule has 0 spiro atoms. The van der Waals surface area contributed by atoms with Crippen LogP contribution in [0.5, 0.6) is 0 Å². The summed E-state index contributed by atoms with van der Waals surface area (Å²) < 4.78 is 5.10. The topological polar surface area (TPSA) is 29.5 Å². The maximum Gasteiger partial charge on any atom is 0.0596 e. The van der Waals surface area contributed by atoms with Gasteiger partial charge in [-0.3, -0.25) is 0 Å². The molecule has 1 saturated carbocycles. The van der Waals surface area contributed by atoms with Crippen LogP contribution >= 0.6 is 0 Å². The summed E-state index contributed by atoms with van der Waals surface area (Å²) in [6.45, 7) is 0. The molecule has 9 heavy (non-hydrogen) atoms. The van der Waals surface area contributed by atoms with E-state index in [2.05, 4.69) is 0 Å². The Balaban J connectivity index is 2.23. The van der Waals surface area contributed by atoms with Gasteiger partial charge in [0.1, 0.15) is 0 Å². The van der Waals surface area contributed by atoms with E-state index < -0.39 is 0 Å². The van der Waals surface area contributed by atoms with Gasteiger partial charge in [-0.1, -0.05) is 0 Å². The minimum Gasteiger partial charge on any atom is -0.393 e. The van der Waals surface area contributed by atoms with E-state index in [4.69, 9.17) is 9.84 Å². The van der Waals surface area contributed by atoms with Crippen LogP contribution in [0.15, 0.2) is 0 Å². The highest BCUT2D eigenvalue weighted by Crippen LogP contribution is 2.19. The first kappa shape index (κ1) is 7.03. The lowest BCUT2D eigenvalue weighted by Crippen LogP contribution is -2.24. The number of methoxy groups -OCH3 is 1. The normalized spacial score (nSPS) is 36.7. The van der Waals surface area contributed by atoms with Crippen molar-refractivity contribution < 1.29 is 9.84 Å². The molecule has 1 aliphatic rings. The SMILES string of the molecule is CO[C@H]1CCC[C@H](O)C1. The van der Waals surface area contributed by atoms with Crippen molar-refractivity contribution in [2.45, 2.75) is 37.9 Å². The number of rotatable bonds is 1. The molecule has 2 heteroatoms. The second kappa shape index (κ2) is 3.18. The van der Waals surface area contributed by atoms with Crippen LogP contribution < -0.4 is 0 Å². The number of hydrogen-bond donors (Lipinski definition) is 1. The fraction of sp³-hybridized carbons (Fsp3) is 1.00. The third-order valence-electron chi connectivity index (χ3n) is 1.93. The predicted molar refractivity (Wildman–Crippen MR) is 35.3 cm³/mol. The molecule has 0 unspecified atom stereocenters. The van der Waals surface area contributed by atoms with E-state index in [0.717, 1.165) is 25.7 Å². The molecule has 1 aliphatic carbocycles. The quantitative estimate of drug-likeness (QED) is 0.572. The summed E-state index contributed by atoms with van der Waals surface area (Å²) in [5, 5.41) is 9.13. The van der Waals surface area contributed by atoms with Gasteiger partial charge in [0.05, 0.1) is 12.2 Å². The Morgan fingerprint density at radius 3 is 2.67 bits per heavy atom. The average molecular weight is 130 g/mol. The van der Waals surface area contributed by atoms with Gasteiger partial charge in [-0.2, -0.15) is 0 Å². The van der Waals surface area contributed by atoms with Crippen molar-refractivity contribution in [3.8, 4) is 0 Å². The van der Waals surface area contributed by atoms with E-state index in [1.165, 1.54) is 0 Å². The van der Waals surface area contributed by atoms with Crippen molar-refractivity contribution in [3.63, 3.8) is 0 Å². The summed E-state index contributed by atoms with van der Waals surface area (Å²) in [4.78, 5) is 0. The molecule has 0 radical (unpaired) electrons. The fourth-order valence-corrected chi connectivity index (χ4v) is 1.33. The second-order valence-corrected chi connectivity index (χ2v) is 2.68. The Hall–Kier alpha value is -0.0800. The van der Waals surface area contributed by atoms with Gasteiger partial charge in [0.25, 0.3) is 0 Å². The van der Waals surface area contributed by atoms with Crippen LogP contribution in [0.2, 0.25) is 0 Å². The van der Waals surface area contributed by atoms with Crippen molar-refractivity contribution in [1.82, 2.24) is 0 Å². The Labute approximate surface area is 55.8 Å². The molecular formula is C7H14O2. The Bertz CT molecular complexity index is 83.0. The summed E-state index contributed by atoms with van der Waals surface area (Å²) in [5.41, 5.74) is 0. The van der Waals surface area contributed by atoms with E-state index in [1.807, 2.05) is 0 Å². The standard InChI is InChI=1S/C7H14O2/c1-9-7-4-2-3-6(8)5-7/h6-8H,2-5H2,1H3/t6-,7-/m0/s1. The molecule has 2 atom stereocenters. The van der Waals surface area contributed by atoms with Crippen LogP contribution in [-0.2, 0) is 4.74 Å². The first-order chi connectivity index (χ1) is 4.33. The minimum absolute atomic E-state index is 0.108. The largest absolute Gasteiger partial charge is 0.393 e. The van der Waals surface area contributed by atoms with E-state index in [-0.39, 0.29) is 6.10 Å². The van der Waals surface area contributed by atoms with Crippen molar-refractivity contribution in [1.29, 1.82) is 0 Å². The molecule has 0 aromatic rings. The zero-order chi connectivity index (χ0) is 6.69. The number of aliphatic hydroxyl groups is 1. The zero-order valence-corrected chi connectivity index (χ0v) is 5.84. The molecule has 0 aromatic heterocycles. The Kier molecular flexibility index (Phi) is 2.49. The van der Waals surface area contributed by atoms with Gasteiger partial charge in [0.2, 0.25) is 0 Å². The number of hydrogen-bond acceptors (Lipinski definition) is 2. The smallest absolute Gasteiger partial charge is 0.0596 e. The lowest BCUT2D eigenvalue weighted by Gasteiger charge is -2.24. The first-order valence-corrected chi connectivity index (χ1v) is 3.54. The maximum absolute atomic E-state index is 9.13. The average Bonchev–Trinajstić information content (AvgIpc) is 1.88. The monoisotopic (exact) mass is 130 g/mol. The highest BCUT2D eigenvalue weighted by atomic mass is 16.5. The number of ether oxygens (including phenoxy) is 1. The van der Waals surface area contributed by atoms with Gasteiger partial charge in [0, 0.05) is 7.11 Å². The summed E-state index contributed by atoms with van der Waals surface area (Å²) in [6, 6.07) is 0. The van der Waals surface area contributed by atoms with Crippen molar-refractivity contribution in [2.75, 3.05) is 7.11 Å². The van der Waals surface area contributed by atoms with E-state index in [1.54, 1.807) is 7.11 Å². The molecule has 0 bridgehead atoms.